The number of carbonyl (C=O) groups is 2. The van der Waals surface area contributed by atoms with Crippen LogP contribution in [0, 0.1) is 6.92 Å². The molecular formula is C24H22N2O2S. The maximum atomic E-state index is 13.3. The molecule has 0 aliphatic carbocycles. The molecule has 1 aliphatic rings. The molecule has 0 fully saturated rings. The van der Waals surface area contributed by atoms with Crippen LogP contribution in [0.15, 0.2) is 71.7 Å². The predicted octanol–water partition coefficient (Wildman–Crippen LogP) is 5.58. The van der Waals surface area contributed by atoms with Crippen LogP contribution in [-0.2, 0) is 9.59 Å². The number of rotatable bonds is 5. The molecule has 4 rings (SSSR count). The average Bonchev–Trinajstić information content (AvgIpc) is 3.31. The van der Waals surface area contributed by atoms with Gasteiger partial charge in [-0.15, -0.1) is 11.3 Å². The van der Waals surface area contributed by atoms with Gasteiger partial charge in [-0.3, -0.25) is 9.59 Å². The summed E-state index contributed by atoms with van der Waals surface area (Å²) < 4.78 is 0. The van der Waals surface area contributed by atoms with E-state index in [4.69, 9.17) is 0 Å². The van der Waals surface area contributed by atoms with Crippen molar-refractivity contribution in [2.45, 2.75) is 26.7 Å². The predicted molar refractivity (Wildman–Crippen MR) is 119 cm³/mol. The molecule has 4 nitrogen and oxygen atoms in total. The molecular weight excluding hydrogens is 380 g/mol. The second-order valence-electron chi connectivity index (χ2n) is 7.41. The summed E-state index contributed by atoms with van der Waals surface area (Å²) in [5.41, 5.74) is 4.38. The van der Waals surface area contributed by atoms with Crippen molar-refractivity contribution in [3.8, 4) is 0 Å². The van der Waals surface area contributed by atoms with Crippen LogP contribution < -0.4 is 10.2 Å². The van der Waals surface area contributed by atoms with E-state index in [1.165, 1.54) is 16.2 Å². The van der Waals surface area contributed by atoms with E-state index >= 15 is 0 Å². The van der Waals surface area contributed by atoms with E-state index in [1.807, 2.05) is 73.0 Å². The number of amides is 2. The van der Waals surface area contributed by atoms with E-state index in [9.17, 15) is 9.59 Å². The van der Waals surface area contributed by atoms with Gasteiger partial charge in [0.2, 0.25) is 0 Å². The number of nitrogens with zero attached hydrogens (tertiary/aromatic N) is 1. The Hall–Kier alpha value is -3.18. The minimum absolute atomic E-state index is 0.302. The van der Waals surface area contributed by atoms with Crippen molar-refractivity contribution in [2.75, 3.05) is 10.2 Å². The van der Waals surface area contributed by atoms with E-state index in [0.717, 1.165) is 21.7 Å². The fraction of sp³-hybridized carbons (Fsp3) is 0.167. The third-order valence-corrected chi connectivity index (χ3v) is 5.88. The van der Waals surface area contributed by atoms with Crippen LogP contribution >= 0.6 is 11.3 Å². The molecule has 146 valence electrons. The Balaban J connectivity index is 1.74. The first-order valence-electron chi connectivity index (χ1n) is 9.56. The van der Waals surface area contributed by atoms with Gasteiger partial charge in [0.25, 0.3) is 11.8 Å². The lowest BCUT2D eigenvalue weighted by molar-refractivity contribution is -0.120. The molecule has 2 amide bonds. The Labute approximate surface area is 174 Å². The van der Waals surface area contributed by atoms with Gasteiger partial charge in [-0.2, -0.15) is 0 Å². The second kappa shape index (κ2) is 7.68. The standard InChI is InChI=1S/C24H22N2O2S/c1-15(2)17-8-12-19(13-9-17)26-23(27)21(20-5-4-14-29-20)22(24(26)28)25-18-10-6-16(3)7-11-18/h4-15,25H,1-3H3. The fourth-order valence-corrected chi connectivity index (χ4v) is 4.09. The lowest BCUT2D eigenvalue weighted by Crippen LogP contribution is -2.32. The van der Waals surface area contributed by atoms with E-state index in [-0.39, 0.29) is 11.8 Å². The molecule has 29 heavy (non-hydrogen) atoms. The van der Waals surface area contributed by atoms with Crippen molar-refractivity contribution < 1.29 is 9.59 Å². The smallest absolute Gasteiger partial charge is 0.282 e. The van der Waals surface area contributed by atoms with Crippen molar-refractivity contribution in [3.05, 3.63) is 87.7 Å². The number of carbonyl (C=O) groups excluding carboxylic acids is 2. The number of benzene rings is 2. The number of nitrogens with one attached hydrogen (secondary N) is 1. The summed E-state index contributed by atoms with van der Waals surface area (Å²) in [5, 5.41) is 5.10. The second-order valence-corrected chi connectivity index (χ2v) is 8.36. The van der Waals surface area contributed by atoms with E-state index < -0.39 is 0 Å². The van der Waals surface area contributed by atoms with Crippen LogP contribution in [0.2, 0.25) is 0 Å². The van der Waals surface area contributed by atoms with Crippen molar-refractivity contribution >= 4 is 40.1 Å². The quantitative estimate of drug-likeness (QED) is 0.567. The summed E-state index contributed by atoms with van der Waals surface area (Å²) in [4.78, 5) is 28.6. The van der Waals surface area contributed by atoms with Crippen LogP contribution in [0.25, 0.3) is 5.57 Å². The van der Waals surface area contributed by atoms with Gasteiger partial charge in [0, 0.05) is 10.6 Å². The summed E-state index contributed by atoms with van der Waals surface area (Å²) >= 11 is 1.45. The van der Waals surface area contributed by atoms with Crippen LogP contribution in [0.3, 0.4) is 0 Å². The zero-order valence-electron chi connectivity index (χ0n) is 16.6. The molecule has 1 N–H and O–H groups in total. The zero-order valence-corrected chi connectivity index (χ0v) is 17.4. The van der Waals surface area contributed by atoms with Crippen LogP contribution in [0.4, 0.5) is 11.4 Å². The molecule has 1 aromatic heterocycles. The minimum atomic E-state index is -0.337. The van der Waals surface area contributed by atoms with Gasteiger partial charge < -0.3 is 5.32 Å². The highest BCUT2D eigenvalue weighted by Crippen LogP contribution is 2.35. The highest BCUT2D eigenvalue weighted by molar-refractivity contribution is 7.11. The summed E-state index contributed by atoms with van der Waals surface area (Å²) in [6, 6.07) is 19.1. The first-order chi connectivity index (χ1) is 14.0. The van der Waals surface area contributed by atoms with Crippen LogP contribution in [0.1, 0.15) is 35.8 Å². The highest BCUT2D eigenvalue weighted by Gasteiger charge is 2.40. The maximum Gasteiger partial charge on any atom is 0.282 e. The molecule has 0 atom stereocenters. The van der Waals surface area contributed by atoms with Gasteiger partial charge >= 0.3 is 0 Å². The van der Waals surface area contributed by atoms with E-state index in [0.29, 0.717) is 22.9 Å². The zero-order chi connectivity index (χ0) is 20.5. The number of anilines is 2. The first kappa shape index (κ1) is 19.2. The summed E-state index contributed by atoms with van der Waals surface area (Å²) in [5.74, 6) is -0.256. The summed E-state index contributed by atoms with van der Waals surface area (Å²) in [6.07, 6.45) is 0. The minimum Gasteiger partial charge on any atom is -0.350 e. The molecule has 0 spiro atoms. The Bertz CT molecular complexity index is 1080. The normalized spacial score (nSPS) is 14.3. The van der Waals surface area contributed by atoms with E-state index in [2.05, 4.69) is 19.2 Å². The SMILES string of the molecule is Cc1ccc(NC2=C(c3cccs3)C(=O)N(c3ccc(C(C)C)cc3)C2=O)cc1. The van der Waals surface area contributed by atoms with Gasteiger partial charge in [0.05, 0.1) is 11.3 Å². The lowest BCUT2D eigenvalue weighted by Gasteiger charge is -2.16. The average molecular weight is 403 g/mol. The molecule has 3 aromatic rings. The van der Waals surface area contributed by atoms with Crippen molar-refractivity contribution in [1.82, 2.24) is 0 Å². The van der Waals surface area contributed by atoms with Gasteiger partial charge in [0.15, 0.2) is 0 Å². The molecule has 0 saturated carbocycles. The van der Waals surface area contributed by atoms with Crippen molar-refractivity contribution in [1.29, 1.82) is 0 Å². The monoisotopic (exact) mass is 402 g/mol. The number of hydrogen-bond acceptors (Lipinski definition) is 4. The number of hydrogen-bond donors (Lipinski definition) is 1. The Morgan fingerprint density at radius 3 is 2.17 bits per heavy atom. The third-order valence-electron chi connectivity index (χ3n) is 4.99. The Kier molecular flexibility index (Phi) is 5.07. The van der Waals surface area contributed by atoms with Crippen molar-refractivity contribution in [3.63, 3.8) is 0 Å². The van der Waals surface area contributed by atoms with Crippen LogP contribution in [0.5, 0.6) is 0 Å². The summed E-state index contributed by atoms with van der Waals surface area (Å²) in [6.45, 7) is 6.23. The van der Waals surface area contributed by atoms with Gasteiger partial charge in [-0.25, -0.2) is 4.90 Å². The fourth-order valence-electron chi connectivity index (χ4n) is 3.32. The topological polar surface area (TPSA) is 49.4 Å². The number of thiophene rings is 1. The lowest BCUT2D eigenvalue weighted by atomic mass is 10.0. The maximum absolute atomic E-state index is 13.3. The first-order valence-corrected chi connectivity index (χ1v) is 10.4. The molecule has 0 saturated heterocycles. The molecule has 1 aliphatic heterocycles. The molecule has 5 heteroatoms. The Morgan fingerprint density at radius 1 is 0.897 bits per heavy atom. The number of imide groups is 1. The number of aryl methyl sites for hydroxylation is 1. The summed E-state index contributed by atoms with van der Waals surface area (Å²) in [7, 11) is 0. The van der Waals surface area contributed by atoms with Crippen molar-refractivity contribution in [2.24, 2.45) is 0 Å². The third kappa shape index (κ3) is 3.61. The van der Waals surface area contributed by atoms with E-state index in [1.54, 1.807) is 0 Å². The molecule has 0 unspecified atom stereocenters. The molecule has 0 bridgehead atoms. The largest absolute Gasteiger partial charge is 0.350 e. The highest BCUT2D eigenvalue weighted by atomic mass is 32.1. The molecule has 0 radical (unpaired) electrons. The molecule has 2 heterocycles. The van der Waals surface area contributed by atoms with Gasteiger partial charge in [-0.1, -0.05) is 49.7 Å². The van der Waals surface area contributed by atoms with Gasteiger partial charge in [0.1, 0.15) is 5.70 Å². The van der Waals surface area contributed by atoms with Crippen LogP contribution in [-0.4, -0.2) is 11.8 Å². The van der Waals surface area contributed by atoms with Gasteiger partial charge in [-0.05, 0) is 54.1 Å². The Morgan fingerprint density at radius 2 is 1.59 bits per heavy atom. The molecule has 2 aromatic carbocycles.